The maximum absolute atomic E-state index is 15.0. The third kappa shape index (κ3) is 3.65. The van der Waals surface area contributed by atoms with Crippen LogP contribution in [0.3, 0.4) is 0 Å². The largest absolute Gasteiger partial charge is 0.609 e. The summed E-state index contributed by atoms with van der Waals surface area (Å²) in [5, 5.41) is 0.292. The number of imidazole rings is 1. The van der Waals surface area contributed by atoms with Gasteiger partial charge in [0.25, 0.3) is 0 Å². The number of anilines is 1. The van der Waals surface area contributed by atoms with E-state index in [1.807, 2.05) is 24.0 Å². The molecule has 4 rings (SSSR count). The van der Waals surface area contributed by atoms with Gasteiger partial charge >= 0.3 is 5.16 Å². The Hall–Kier alpha value is -2.36. The number of benzene rings is 1. The van der Waals surface area contributed by atoms with Gasteiger partial charge in [-0.1, -0.05) is 0 Å². The Bertz CT molecular complexity index is 991. The van der Waals surface area contributed by atoms with E-state index in [9.17, 15) is 8.94 Å². The summed E-state index contributed by atoms with van der Waals surface area (Å²) >= 11 is -1.56. The highest BCUT2D eigenvalue weighted by Crippen LogP contribution is 2.27. The van der Waals surface area contributed by atoms with Crippen LogP contribution in [0.2, 0.25) is 0 Å². The first-order chi connectivity index (χ1) is 13.6. The van der Waals surface area contributed by atoms with Crippen molar-refractivity contribution in [2.75, 3.05) is 38.3 Å². The minimum Gasteiger partial charge on any atom is -0.609 e. The van der Waals surface area contributed by atoms with Gasteiger partial charge in [0.05, 0.1) is 37.0 Å². The van der Waals surface area contributed by atoms with Crippen molar-refractivity contribution in [1.82, 2.24) is 15.0 Å². The third-order valence-electron chi connectivity index (χ3n) is 4.75. The molecule has 7 nitrogen and oxygen atoms in total. The second kappa shape index (κ2) is 7.94. The van der Waals surface area contributed by atoms with Crippen LogP contribution in [0.25, 0.3) is 11.0 Å². The minimum atomic E-state index is -1.56. The lowest BCUT2D eigenvalue weighted by Gasteiger charge is -2.29. The van der Waals surface area contributed by atoms with Gasteiger partial charge < -0.3 is 18.9 Å². The summed E-state index contributed by atoms with van der Waals surface area (Å²) in [5.41, 5.74) is 2.98. The number of aromatic nitrogens is 3. The number of H-pyrrole nitrogens is 1. The van der Waals surface area contributed by atoms with E-state index in [0.717, 1.165) is 16.8 Å². The van der Waals surface area contributed by atoms with Crippen LogP contribution in [0.15, 0.2) is 29.6 Å². The monoisotopic (exact) mass is 404 g/mol. The Morgan fingerprint density at radius 2 is 2.14 bits per heavy atom. The molecule has 0 aliphatic carbocycles. The Labute approximate surface area is 165 Å². The van der Waals surface area contributed by atoms with Crippen molar-refractivity contribution in [2.45, 2.75) is 17.8 Å². The molecule has 2 aromatic heterocycles. The molecule has 9 heteroatoms. The van der Waals surface area contributed by atoms with Crippen molar-refractivity contribution in [1.29, 1.82) is 0 Å². The normalized spacial score (nSPS) is 15.8. The molecular formula is C19H21FN4O3S. The second-order valence-corrected chi connectivity index (χ2v) is 7.93. The van der Waals surface area contributed by atoms with E-state index in [0.29, 0.717) is 42.7 Å². The van der Waals surface area contributed by atoms with Crippen LogP contribution < -0.4 is 9.64 Å². The number of aryl methyl sites for hydroxylation is 1. The third-order valence-corrected chi connectivity index (χ3v) is 5.91. The molecule has 0 radical (unpaired) electrons. The Kier molecular flexibility index (Phi) is 5.38. The minimum absolute atomic E-state index is 0.0556. The predicted molar refractivity (Wildman–Crippen MR) is 105 cm³/mol. The molecule has 1 atom stereocenters. The number of halogens is 1. The van der Waals surface area contributed by atoms with E-state index in [1.54, 1.807) is 19.4 Å². The van der Waals surface area contributed by atoms with Crippen molar-refractivity contribution in [3.8, 4) is 5.75 Å². The molecule has 0 amide bonds. The molecule has 1 aliphatic rings. The van der Waals surface area contributed by atoms with Crippen LogP contribution in [0.4, 0.5) is 10.1 Å². The molecule has 1 fully saturated rings. The van der Waals surface area contributed by atoms with E-state index in [2.05, 4.69) is 15.0 Å². The fourth-order valence-corrected chi connectivity index (χ4v) is 4.27. The zero-order chi connectivity index (χ0) is 19.7. The van der Waals surface area contributed by atoms with E-state index < -0.39 is 17.0 Å². The summed E-state index contributed by atoms with van der Waals surface area (Å²) in [6.45, 7) is 4.28. The highest BCUT2D eigenvalue weighted by molar-refractivity contribution is 7.90. The molecule has 28 heavy (non-hydrogen) atoms. The number of hydrogen-bond acceptors (Lipinski definition) is 6. The summed E-state index contributed by atoms with van der Waals surface area (Å²) in [5.74, 6) is 0.228. The van der Waals surface area contributed by atoms with Crippen molar-refractivity contribution in [3.05, 3.63) is 41.5 Å². The summed E-state index contributed by atoms with van der Waals surface area (Å²) in [6, 6.07) is 5.32. The van der Waals surface area contributed by atoms with Gasteiger partial charge in [-0.15, -0.1) is 0 Å². The standard InChI is InChI=1S/C19H21FN4O3S/c1-12-9-13-14(10-17(12)26-2)23-19(22-13)28(25)11-15-18(20)16(3-4-21-15)24-5-7-27-8-6-24/h3-4,9-10H,5-8,11H2,1-2H3,(H,22,23). The molecular weight excluding hydrogens is 383 g/mol. The van der Waals surface area contributed by atoms with E-state index in [4.69, 9.17) is 9.47 Å². The SMILES string of the molecule is COc1cc2[nH]c([S+]([O-])Cc3nccc(N4CCOCC4)c3F)nc2cc1C. The van der Waals surface area contributed by atoms with E-state index in [1.165, 1.54) is 0 Å². The fourth-order valence-electron chi connectivity index (χ4n) is 3.26. The van der Waals surface area contributed by atoms with Gasteiger partial charge in [0, 0.05) is 36.5 Å². The number of hydrogen-bond donors (Lipinski definition) is 1. The van der Waals surface area contributed by atoms with Crippen molar-refractivity contribution < 1.29 is 18.4 Å². The molecule has 0 spiro atoms. The first-order valence-electron chi connectivity index (χ1n) is 8.95. The zero-order valence-electron chi connectivity index (χ0n) is 15.7. The van der Waals surface area contributed by atoms with Crippen LogP contribution in [0, 0.1) is 12.7 Å². The number of aromatic amines is 1. The number of ether oxygens (including phenoxy) is 2. The maximum Gasteiger partial charge on any atom is 0.322 e. The lowest BCUT2D eigenvalue weighted by atomic mass is 10.2. The van der Waals surface area contributed by atoms with Gasteiger partial charge in [-0.05, 0) is 24.6 Å². The number of fused-ring (bicyclic) bond motifs is 1. The summed E-state index contributed by atoms with van der Waals surface area (Å²) in [6.07, 6.45) is 1.55. The van der Waals surface area contributed by atoms with Crippen molar-refractivity contribution >= 4 is 27.9 Å². The van der Waals surface area contributed by atoms with Crippen LogP contribution in [0.5, 0.6) is 5.75 Å². The van der Waals surface area contributed by atoms with Gasteiger partial charge in [-0.3, -0.25) is 9.97 Å². The fraction of sp³-hybridized carbons (Fsp3) is 0.368. The van der Waals surface area contributed by atoms with E-state index in [-0.39, 0.29) is 11.4 Å². The summed E-state index contributed by atoms with van der Waals surface area (Å²) in [7, 11) is 1.60. The predicted octanol–water partition coefficient (Wildman–Crippen LogP) is 2.56. The van der Waals surface area contributed by atoms with Gasteiger partial charge in [0.2, 0.25) is 0 Å². The first kappa shape index (κ1) is 19.0. The van der Waals surface area contributed by atoms with Gasteiger partial charge in [-0.25, -0.2) is 4.39 Å². The number of nitrogens with one attached hydrogen (secondary N) is 1. The number of morpholine rings is 1. The number of pyridine rings is 1. The van der Waals surface area contributed by atoms with Crippen molar-refractivity contribution in [3.63, 3.8) is 0 Å². The average Bonchev–Trinajstić information content (AvgIpc) is 3.12. The Morgan fingerprint density at radius 1 is 1.36 bits per heavy atom. The second-order valence-electron chi connectivity index (χ2n) is 6.56. The maximum atomic E-state index is 15.0. The quantitative estimate of drug-likeness (QED) is 0.658. The van der Waals surface area contributed by atoms with Crippen LogP contribution >= 0.6 is 0 Å². The van der Waals surface area contributed by atoms with E-state index >= 15 is 0 Å². The van der Waals surface area contributed by atoms with Crippen LogP contribution in [0.1, 0.15) is 11.3 Å². The number of nitrogens with zero attached hydrogens (tertiary/aromatic N) is 3. The molecule has 3 heterocycles. The molecule has 3 aromatic rings. The molecule has 1 aliphatic heterocycles. The van der Waals surface area contributed by atoms with Crippen LogP contribution in [-0.2, 0) is 21.7 Å². The molecule has 1 N–H and O–H groups in total. The van der Waals surface area contributed by atoms with Gasteiger partial charge in [0.15, 0.2) is 11.6 Å². The molecule has 1 unspecified atom stereocenters. The van der Waals surface area contributed by atoms with Crippen LogP contribution in [-0.4, -0.2) is 52.9 Å². The summed E-state index contributed by atoms with van der Waals surface area (Å²) in [4.78, 5) is 13.5. The Balaban J connectivity index is 1.58. The first-order valence-corrected chi connectivity index (χ1v) is 10.3. The number of rotatable bonds is 5. The van der Waals surface area contributed by atoms with Gasteiger partial charge in [0.1, 0.15) is 11.4 Å². The highest BCUT2D eigenvalue weighted by atomic mass is 32.2. The van der Waals surface area contributed by atoms with Gasteiger partial charge in [-0.2, -0.15) is 4.98 Å². The number of methoxy groups -OCH3 is 1. The lowest BCUT2D eigenvalue weighted by molar-refractivity contribution is 0.122. The average molecular weight is 404 g/mol. The molecule has 0 saturated carbocycles. The van der Waals surface area contributed by atoms with Crippen molar-refractivity contribution in [2.24, 2.45) is 0 Å². The zero-order valence-corrected chi connectivity index (χ0v) is 16.5. The highest BCUT2D eigenvalue weighted by Gasteiger charge is 2.24. The molecule has 1 saturated heterocycles. The molecule has 1 aromatic carbocycles. The topological polar surface area (TPSA) is 86.3 Å². The molecule has 148 valence electrons. The molecule has 0 bridgehead atoms. The Morgan fingerprint density at radius 3 is 2.89 bits per heavy atom. The smallest absolute Gasteiger partial charge is 0.322 e. The lowest BCUT2D eigenvalue weighted by Crippen LogP contribution is -2.37. The summed E-state index contributed by atoms with van der Waals surface area (Å²) < 4.78 is 38.4.